The smallest absolute Gasteiger partial charge is 0.243 e. The number of hydrogen-bond acceptors (Lipinski definition) is 6. The lowest BCUT2D eigenvalue weighted by Crippen LogP contribution is -2.55. The average Bonchev–Trinajstić information content (AvgIpc) is 3.31. The first-order chi connectivity index (χ1) is 14.5. The number of rotatable bonds is 5. The summed E-state index contributed by atoms with van der Waals surface area (Å²) in [6.45, 7) is 9.67. The molecule has 0 aliphatic carbocycles. The Morgan fingerprint density at radius 2 is 1.94 bits per heavy atom. The van der Waals surface area contributed by atoms with Gasteiger partial charge in [0.25, 0.3) is 0 Å². The number of aromatic nitrogens is 1. The Bertz CT molecular complexity index is 935. The number of benzene rings is 1. The van der Waals surface area contributed by atoms with E-state index in [1.807, 2.05) is 64.4 Å². The fourth-order valence-electron chi connectivity index (χ4n) is 3.75. The number of aryl methyl sites for hydroxylation is 1. The third kappa shape index (κ3) is 5.14. The number of aliphatic hydroxyl groups excluding tert-OH is 1. The summed E-state index contributed by atoms with van der Waals surface area (Å²) >= 11 is 1.60. The fraction of sp³-hybridized carbons (Fsp3) is 0.522. The molecule has 4 atom stereocenters. The lowest BCUT2D eigenvalue weighted by Gasteiger charge is -2.32. The number of amides is 2. The Labute approximate surface area is 187 Å². The van der Waals surface area contributed by atoms with Crippen molar-refractivity contribution >= 4 is 23.2 Å². The quantitative estimate of drug-likeness (QED) is 0.657. The van der Waals surface area contributed by atoms with Crippen molar-refractivity contribution in [1.29, 1.82) is 0 Å². The number of thiazole rings is 1. The molecule has 1 aromatic carbocycles. The van der Waals surface area contributed by atoms with E-state index in [9.17, 15) is 14.7 Å². The van der Waals surface area contributed by atoms with E-state index in [0.29, 0.717) is 0 Å². The second-order valence-corrected chi connectivity index (χ2v) is 10.2. The lowest BCUT2D eigenvalue weighted by atomic mass is 9.86. The number of carbonyl (C=O) groups is 2. The molecule has 4 N–H and O–H groups in total. The molecule has 1 unspecified atom stereocenters. The third-order valence-corrected chi connectivity index (χ3v) is 6.82. The van der Waals surface area contributed by atoms with Crippen LogP contribution in [0.3, 0.4) is 0 Å². The first-order valence-corrected chi connectivity index (χ1v) is 11.4. The van der Waals surface area contributed by atoms with Crippen LogP contribution in [0.1, 0.15) is 51.4 Å². The second-order valence-electron chi connectivity index (χ2n) is 9.36. The van der Waals surface area contributed by atoms with Gasteiger partial charge >= 0.3 is 0 Å². The van der Waals surface area contributed by atoms with Gasteiger partial charge in [-0.05, 0) is 30.4 Å². The van der Waals surface area contributed by atoms with Crippen LogP contribution in [0, 0.1) is 12.3 Å². The highest BCUT2D eigenvalue weighted by Crippen LogP contribution is 2.29. The van der Waals surface area contributed by atoms with E-state index in [1.165, 1.54) is 4.90 Å². The molecule has 168 valence electrons. The zero-order valence-corrected chi connectivity index (χ0v) is 19.6. The van der Waals surface area contributed by atoms with Gasteiger partial charge in [-0.1, -0.05) is 45.0 Å². The van der Waals surface area contributed by atoms with Crippen molar-refractivity contribution in [3.63, 3.8) is 0 Å². The molecule has 3 rings (SSSR count). The Morgan fingerprint density at radius 1 is 1.29 bits per heavy atom. The lowest BCUT2D eigenvalue weighted by molar-refractivity contribution is -0.141. The van der Waals surface area contributed by atoms with Crippen molar-refractivity contribution in [1.82, 2.24) is 15.2 Å². The number of nitrogens with two attached hydrogens (primary N) is 1. The maximum Gasteiger partial charge on any atom is 0.243 e. The molecule has 2 heterocycles. The number of nitrogens with zero attached hydrogens (tertiary/aromatic N) is 2. The summed E-state index contributed by atoms with van der Waals surface area (Å²) in [6, 6.07) is 6.32. The van der Waals surface area contributed by atoms with Gasteiger partial charge in [0.2, 0.25) is 11.8 Å². The van der Waals surface area contributed by atoms with E-state index in [4.69, 9.17) is 5.73 Å². The highest BCUT2D eigenvalue weighted by atomic mass is 32.1. The fourth-order valence-corrected chi connectivity index (χ4v) is 4.56. The van der Waals surface area contributed by atoms with Crippen molar-refractivity contribution in [2.45, 2.75) is 65.3 Å². The molecule has 0 radical (unpaired) electrons. The predicted molar refractivity (Wildman–Crippen MR) is 122 cm³/mol. The minimum absolute atomic E-state index is 0.123. The van der Waals surface area contributed by atoms with Crippen LogP contribution in [0.25, 0.3) is 10.4 Å². The van der Waals surface area contributed by atoms with Crippen molar-refractivity contribution in [3.05, 3.63) is 41.0 Å². The molecule has 0 saturated carbocycles. The number of likely N-dealkylation sites (tertiary alicyclic amines) is 1. The van der Waals surface area contributed by atoms with Crippen LogP contribution >= 0.6 is 11.3 Å². The van der Waals surface area contributed by atoms with Crippen molar-refractivity contribution in [2.75, 3.05) is 6.54 Å². The van der Waals surface area contributed by atoms with Crippen LogP contribution in [0.15, 0.2) is 29.8 Å². The number of nitrogens with one attached hydrogen (secondary N) is 1. The van der Waals surface area contributed by atoms with E-state index >= 15 is 0 Å². The van der Waals surface area contributed by atoms with Crippen molar-refractivity contribution in [3.8, 4) is 10.4 Å². The van der Waals surface area contributed by atoms with Gasteiger partial charge in [0.05, 0.1) is 34.3 Å². The average molecular weight is 445 g/mol. The summed E-state index contributed by atoms with van der Waals surface area (Å²) in [6.07, 6.45) is -0.519. The molecular weight excluding hydrogens is 412 g/mol. The maximum atomic E-state index is 13.0. The molecule has 0 bridgehead atoms. The van der Waals surface area contributed by atoms with E-state index in [1.54, 1.807) is 11.3 Å². The molecule has 7 nitrogen and oxygen atoms in total. The molecule has 8 heteroatoms. The summed E-state index contributed by atoms with van der Waals surface area (Å²) in [5.41, 5.74) is 10.6. The van der Waals surface area contributed by atoms with Gasteiger partial charge in [-0.15, -0.1) is 11.3 Å². The van der Waals surface area contributed by atoms with E-state index in [-0.39, 0.29) is 30.8 Å². The highest BCUT2D eigenvalue weighted by Gasteiger charge is 2.42. The Hall–Kier alpha value is -2.29. The van der Waals surface area contributed by atoms with Gasteiger partial charge < -0.3 is 21.1 Å². The van der Waals surface area contributed by atoms with E-state index < -0.39 is 23.6 Å². The monoisotopic (exact) mass is 444 g/mol. The molecule has 1 fully saturated rings. The zero-order valence-electron chi connectivity index (χ0n) is 18.8. The number of carbonyl (C=O) groups excluding carboxylic acids is 2. The molecule has 1 aromatic heterocycles. The standard InChI is InChI=1S/C23H32N4O3S/c1-13(15-6-8-16(9-7-15)19-14(2)25-12-31-19)26-21(29)18-10-17(28)11-27(18)22(30)20(24)23(3,4)5/h6-9,12-13,17-18,20,28H,10-11,24H2,1-5H3,(H,26,29)/t13-,17-,18+,20?/m0/s1. The van der Waals surface area contributed by atoms with Crippen LogP contribution < -0.4 is 11.1 Å². The predicted octanol–water partition coefficient (Wildman–Crippen LogP) is 2.63. The highest BCUT2D eigenvalue weighted by molar-refractivity contribution is 7.13. The molecule has 1 saturated heterocycles. The minimum Gasteiger partial charge on any atom is -0.391 e. The first kappa shape index (κ1) is 23.4. The van der Waals surface area contributed by atoms with Crippen molar-refractivity contribution in [2.24, 2.45) is 11.1 Å². The summed E-state index contributed by atoms with van der Waals surface area (Å²) in [5, 5.41) is 13.1. The second kappa shape index (κ2) is 9.06. The van der Waals surface area contributed by atoms with Gasteiger partial charge in [-0.25, -0.2) is 4.98 Å². The third-order valence-electron chi connectivity index (χ3n) is 5.84. The number of hydrogen-bond donors (Lipinski definition) is 3. The summed E-state index contributed by atoms with van der Waals surface area (Å²) in [5.74, 6) is -0.581. The van der Waals surface area contributed by atoms with Crippen LogP contribution in [0.5, 0.6) is 0 Å². The number of β-amino-alcohol motifs (C(OH)–C–C–N with tert-alkyl or cyclic N) is 1. The van der Waals surface area contributed by atoms with E-state index in [0.717, 1.165) is 21.7 Å². The van der Waals surface area contributed by atoms with Gasteiger partial charge in [0.1, 0.15) is 6.04 Å². The summed E-state index contributed by atoms with van der Waals surface area (Å²) < 4.78 is 0. The van der Waals surface area contributed by atoms with Gasteiger partial charge in [0, 0.05) is 13.0 Å². The van der Waals surface area contributed by atoms with Crippen LogP contribution in [0.4, 0.5) is 0 Å². The van der Waals surface area contributed by atoms with E-state index in [2.05, 4.69) is 10.3 Å². The molecule has 1 aliphatic rings. The van der Waals surface area contributed by atoms with Crippen molar-refractivity contribution < 1.29 is 14.7 Å². The molecule has 2 amide bonds. The van der Waals surface area contributed by atoms with Crippen LogP contribution in [-0.4, -0.2) is 51.5 Å². The SMILES string of the molecule is Cc1ncsc1-c1ccc([C@H](C)NC(=O)[C@H]2C[C@H](O)CN2C(=O)C(N)C(C)(C)C)cc1. The molecular formula is C23H32N4O3S. The normalized spacial score (nSPS) is 21.1. The first-order valence-electron chi connectivity index (χ1n) is 10.5. The van der Waals surface area contributed by atoms with Gasteiger partial charge in [0.15, 0.2) is 0 Å². The molecule has 2 aromatic rings. The zero-order chi connectivity index (χ0) is 22.9. The van der Waals surface area contributed by atoms with Gasteiger partial charge in [-0.2, -0.15) is 0 Å². The molecule has 0 spiro atoms. The number of aliphatic hydroxyl groups is 1. The molecule has 1 aliphatic heterocycles. The summed E-state index contributed by atoms with van der Waals surface area (Å²) in [7, 11) is 0. The maximum absolute atomic E-state index is 13.0. The molecule has 31 heavy (non-hydrogen) atoms. The Balaban J connectivity index is 1.69. The largest absolute Gasteiger partial charge is 0.391 e. The Kier molecular flexibility index (Phi) is 6.83. The topological polar surface area (TPSA) is 109 Å². The minimum atomic E-state index is -0.742. The van der Waals surface area contributed by atoms with Crippen LogP contribution in [0.2, 0.25) is 0 Å². The summed E-state index contributed by atoms with van der Waals surface area (Å²) in [4.78, 5) is 32.7. The Morgan fingerprint density at radius 3 is 2.48 bits per heavy atom. The van der Waals surface area contributed by atoms with Crippen LogP contribution in [-0.2, 0) is 9.59 Å². The van der Waals surface area contributed by atoms with Gasteiger partial charge in [-0.3, -0.25) is 9.59 Å².